The molecular weight excluding hydrogens is 234 g/mol. The minimum atomic E-state index is -0.416. The van der Waals surface area contributed by atoms with Crippen molar-refractivity contribution < 1.29 is 5.11 Å². The molecule has 3 rings (SSSR count). The van der Waals surface area contributed by atoms with Crippen molar-refractivity contribution in [3.8, 4) is 0 Å². The van der Waals surface area contributed by atoms with Gasteiger partial charge in [0.05, 0.1) is 5.60 Å². The van der Waals surface area contributed by atoms with Crippen LogP contribution in [-0.2, 0) is 0 Å². The topological polar surface area (TPSA) is 32.3 Å². The maximum absolute atomic E-state index is 10.7. The van der Waals surface area contributed by atoms with Crippen molar-refractivity contribution in [2.75, 3.05) is 6.54 Å². The summed E-state index contributed by atoms with van der Waals surface area (Å²) >= 11 is 0. The normalized spacial score (nSPS) is 43.6. The zero-order valence-corrected chi connectivity index (χ0v) is 13.0. The lowest BCUT2D eigenvalue weighted by Crippen LogP contribution is -2.51. The van der Waals surface area contributed by atoms with Crippen LogP contribution in [0.3, 0.4) is 0 Å². The smallest absolute Gasteiger partial charge is 0.0771 e. The van der Waals surface area contributed by atoms with E-state index in [-0.39, 0.29) is 0 Å². The third kappa shape index (κ3) is 2.06. The predicted octanol–water partition coefficient (Wildman–Crippen LogP) is 3.49. The Balaban J connectivity index is 1.63. The van der Waals surface area contributed by atoms with Crippen LogP contribution in [0.5, 0.6) is 0 Å². The number of rotatable bonds is 3. The molecule has 3 saturated carbocycles. The van der Waals surface area contributed by atoms with Gasteiger partial charge in [-0.25, -0.2) is 0 Å². The van der Waals surface area contributed by atoms with Crippen LogP contribution in [0.25, 0.3) is 0 Å². The van der Waals surface area contributed by atoms with E-state index in [9.17, 15) is 5.11 Å². The fourth-order valence-corrected chi connectivity index (χ4v) is 5.21. The summed E-state index contributed by atoms with van der Waals surface area (Å²) in [6.45, 7) is 8.21. The van der Waals surface area contributed by atoms with Gasteiger partial charge in [-0.1, -0.05) is 40.0 Å². The second-order valence-electron chi connectivity index (χ2n) is 8.33. The van der Waals surface area contributed by atoms with Gasteiger partial charge in [-0.2, -0.15) is 0 Å². The van der Waals surface area contributed by atoms with Crippen LogP contribution in [-0.4, -0.2) is 23.3 Å². The summed E-state index contributed by atoms with van der Waals surface area (Å²) < 4.78 is 0. The molecule has 0 heterocycles. The molecule has 0 aromatic rings. The first-order valence-electron chi connectivity index (χ1n) is 8.33. The molecule has 3 unspecified atom stereocenters. The summed E-state index contributed by atoms with van der Waals surface area (Å²) in [5, 5.41) is 14.4. The number of fused-ring (bicyclic) bond motifs is 2. The Labute approximate surface area is 118 Å². The quantitative estimate of drug-likeness (QED) is 0.819. The molecule has 0 saturated heterocycles. The molecule has 0 aliphatic heterocycles. The molecule has 0 radical (unpaired) electrons. The van der Waals surface area contributed by atoms with Crippen molar-refractivity contribution in [1.29, 1.82) is 0 Å². The molecule has 0 aromatic heterocycles. The fraction of sp³-hybridized carbons (Fsp3) is 1.00. The van der Waals surface area contributed by atoms with Crippen LogP contribution in [0.1, 0.15) is 72.1 Å². The fourth-order valence-electron chi connectivity index (χ4n) is 5.21. The Morgan fingerprint density at radius 3 is 2.26 bits per heavy atom. The van der Waals surface area contributed by atoms with Gasteiger partial charge in [0, 0.05) is 12.6 Å². The lowest BCUT2D eigenvalue weighted by atomic mass is 9.69. The first-order valence-corrected chi connectivity index (χ1v) is 8.33. The van der Waals surface area contributed by atoms with E-state index in [0.717, 1.165) is 25.3 Å². The lowest BCUT2D eigenvalue weighted by molar-refractivity contribution is -0.00359. The van der Waals surface area contributed by atoms with E-state index in [1.165, 1.54) is 38.5 Å². The highest BCUT2D eigenvalue weighted by Gasteiger charge is 2.61. The molecule has 3 fully saturated rings. The van der Waals surface area contributed by atoms with Crippen molar-refractivity contribution in [2.24, 2.45) is 16.7 Å². The van der Waals surface area contributed by atoms with Crippen LogP contribution in [0.15, 0.2) is 0 Å². The Morgan fingerprint density at radius 1 is 1.05 bits per heavy atom. The van der Waals surface area contributed by atoms with E-state index in [1.54, 1.807) is 0 Å². The first-order chi connectivity index (χ1) is 8.87. The van der Waals surface area contributed by atoms with E-state index in [1.807, 2.05) is 0 Å². The summed E-state index contributed by atoms with van der Waals surface area (Å²) in [6, 6.07) is 0.618. The molecule has 0 spiro atoms. The van der Waals surface area contributed by atoms with E-state index in [4.69, 9.17) is 0 Å². The standard InChI is InChI=1S/C17H31NO/c1-15(2)13-7-10-16(15,3)14(11-13)18-12-17(19)8-5-4-6-9-17/h13-14,18-19H,4-12H2,1-3H3. The highest BCUT2D eigenvalue weighted by atomic mass is 16.3. The molecule has 3 aliphatic carbocycles. The number of nitrogens with one attached hydrogen (secondary N) is 1. The molecule has 3 aliphatic rings. The van der Waals surface area contributed by atoms with Crippen LogP contribution in [0.2, 0.25) is 0 Å². The zero-order valence-electron chi connectivity index (χ0n) is 13.0. The lowest BCUT2D eigenvalue weighted by Gasteiger charge is -2.41. The molecule has 2 bridgehead atoms. The maximum Gasteiger partial charge on any atom is 0.0771 e. The average molecular weight is 265 g/mol. The monoisotopic (exact) mass is 265 g/mol. The number of hydrogen-bond acceptors (Lipinski definition) is 2. The molecule has 0 amide bonds. The van der Waals surface area contributed by atoms with Gasteiger partial charge in [-0.15, -0.1) is 0 Å². The molecular formula is C17H31NO. The van der Waals surface area contributed by atoms with Crippen molar-refractivity contribution >= 4 is 0 Å². The van der Waals surface area contributed by atoms with Crippen molar-refractivity contribution in [3.63, 3.8) is 0 Å². The van der Waals surface area contributed by atoms with E-state index < -0.39 is 5.60 Å². The highest BCUT2D eigenvalue weighted by Crippen LogP contribution is 2.65. The zero-order chi connectivity index (χ0) is 13.7. The summed E-state index contributed by atoms with van der Waals surface area (Å²) in [5.74, 6) is 0.885. The predicted molar refractivity (Wildman–Crippen MR) is 79.1 cm³/mol. The molecule has 110 valence electrons. The summed E-state index contributed by atoms with van der Waals surface area (Å²) in [5.41, 5.74) is 0.489. The molecule has 3 atom stereocenters. The van der Waals surface area contributed by atoms with E-state index >= 15 is 0 Å². The second kappa shape index (κ2) is 4.46. The Morgan fingerprint density at radius 2 is 1.74 bits per heavy atom. The van der Waals surface area contributed by atoms with Gasteiger partial charge in [0.1, 0.15) is 0 Å². The molecule has 19 heavy (non-hydrogen) atoms. The summed E-state index contributed by atoms with van der Waals surface area (Å²) in [6.07, 6.45) is 9.79. The highest BCUT2D eigenvalue weighted by molar-refractivity contribution is 5.13. The van der Waals surface area contributed by atoms with Crippen molar-refractivity contribution in [2.45, 2.75) is 83.8 Å². The molecule has 2 heteroatoms. The maximum atomic E-state index is 10.7. The van der Waals surface area contributed by atoms with Gasteiger partial charge >= 0.3 is 0 Å². The van der Waals surface area contributed by atoms with E-state index in [2.05, 4.69) is 26.1 Å². The second-order valence-corrected chi connectivity index (χ2v) is 8.33. The van der Waals surface area contributed by atoms with Crippen molar-refractivity contribution in [1.82, 2.24) is 5.32 Å². The third-order valence-electron chi connectivity index (χ3n) is 7.26. The SMILES string of the molecule is CC1(C)C2CCC1(C)C(NCC1(O)CCCCC1)C2. The first kappa shape index (κ1) is 13.9. The Bertz CT molecular complexity index is 345. The van der Waals surface area contributed by atoms with Gasteiger partial charge in [-0.3, -0.25) is 0 Å². The largest absolute Gasteiger partial charge is 0.389 e. The van der Waals surface area contributed by atoms with Crippen LogP contribution in [0, 0.1) is 16.7 Å². The summed E-state index contributed by atoms with van der Waals surface area (Å²) in [7, 11) is 0. The average Bonchev–Trinajstić information content (AvgIpc) is 2.70. The van der Waals surface area contributed by atoms with E-state index in [0.29, 0.717) is 16.9 Å². The number of aliphatic hydroxyl groups is 1. The minimum Gasteiger partial charge on any atom is -0.389 e. The van der Waals surface area contributed by atoms with Gasteiger partial charge in [0.15, 0.2) is 0 Å². The van der Waals surface area contributed by atoms with Crippen LogP contribution in [0.4, 0.5) is 0 Å². The molecule has 2 N–H and O–H groups in total. The van der Waals surface area contributed by atoms with Gasteiger partial charge < -0.3 is 10.4 Å². The molecule has 0 aromatic carbocycles. The Hall–Kier alpha value is -0.0800. The van der Waals surface area contributed by atoms with Gasteiger partial charge in [0.2, 0.25) is 0 Å². The summed E-state index contributed by atoms with van der Waals surface area (Å²) in [4.78, 5) is 0. The van der Waals surface area contributed by atoms with Gasteiger partial charge in [-0.05, 0) is 48.9 Å². The number of hydrogen-bond donors (Lipinski definition) is 2. The minimum absolute atomic E-state index is 0.416. The Kier molecular flexibility index (Phi) is 3.26. The van der Waals surface area contributed by atoms with Crippen LogP contribution >= 0.6 is 0 Å². The molecule has 2 nitrogen and oxygen atoms in total. The van der Waals surface area contributed by atoms with Crippen molar-refractivity contribution in [3.05, 3.63) is 0 Å². The van der Waals surface area contributed by atoms with Crippen LogP contribution < -0.4 is 5.32 Å². The van der Waals surface area contributed by atoms with Gasteiger partial charge in [0.25, 0.3) is 0 Å². The third-order valence-corrected chi connectivity index (χ3v) is 7.26.